The van der Waals surface area contributed by atoms with E-state index in [9.17, 15) is 4.79 Å². The van der Waals surface area contributed by atoms with Crippen molar-refractivity contribution in [3.63, 3.8) is 0 Å². The molecule has 0 rings (SSSR count). The van der Waals surface area contributed by atoms with Crippen molar-refractivity contribution in [3.05, 3.63) is 0 Å². The van der Waals surface area contributed by atoms with Crippen molar-refractivity contribution < 1.29 is 14.6 Å². The van der Waals surface area contributed by atoms with Crippen LogP contribution in [0.3, 0.4) is 0 Å². The lowest BCUT2D eigenvalue weighted by Crippen LogP contribution is -2.23. The molecule has 0 spiro atoms. The van der Waals surface area contributed by atoms with E-state index in [2.05, 4.69) is 6.92 Å². The first kappa shape index (κ1) is 26.8. The highest BCUT2D eigenvalue weighted by Gasteiger charge is 2.10. The predicted octanol–water partition coefficient (Wildman–Crippen LogP) is 6.91. The molecule has 0 saturated heterocycles. The summed E-state index contributed by atoms with van der Waals surface area (Å²) < 4.78 is 5.02. The second kappa shape index (κ2) is 22.1. The molecule has 27 heavy (non-hydrogen) atoms. The van der Waals surface area contributed by atoms with Crippen LogP contribution in [-0.4, -0.2) is 35.3 Å². The molecule has 0 heterocycles. The Balaban J connectivity index is 3.13. The molecule has 4 heteroatoms. The van der Waals surface area contributed by atoms with Gasteiger partial charge in [-0.1, -0.05) is 103 Å². The van der Waals surface area contributed by atoms with Gasteiger partial charge in [0, 0.05) is 12.7 Å². The van der Waals surface area contributed by atoms with Gasteiger partial charge in [-0.2, -0.15) is 11.8 Å². The fraction of sp³-hybridized carbons (Fsp3) is 0.957. The minimum atomic E-state index is -0.339. The van der Waals surface area contributed by atoms with Crippen molar-refractivity contribution in [3.8, 4) is 0 Å². The van der Waals surface area contributed by atoms with Crippen molar-refractivity contribution in [2.45, 2.75) is 123 Å². The summed E-state index contributed by atoms with van der Waals surface area (Å²) in [6, 6.07) is 0. The molecule has 0 aromatic carbocycles. The van der Waals surface area contributed by atoms with Crippen LogP contribution in [-0.2, 0) is 9.53 Å². The van der Waals surface area contributed by atoms with Crippen LogP contribution in [0.25, 0.3) is 0 Å². The van der Waals surface area contributed by atoms with Gasteiger partial charge >= 0.3 is 5.97 Å². The second-order valence-corrected chi connectivity index (χ2v) is 8.94. The fourth-order valence-corrected chi connectivity index (χ4v) is 4.34. The number of rotatable bonds is 21. The van der Waals surface area contributed by atoms with Crippen LogP contribution >= 0.6 is 11.8 Å². The minimum absolute atomic E-state index is 0.0778. The third-order valence-electron chi connectivity index (χ3n) is 4.98. The highest BCUT2D eigenvalue weighted by atomic mass is 32.2. The Labute approximate surface area is 173 Å². The molecule has 0 saturated carbocycles. The van der Waals surface area contributed by atoms with Crippen LogP contribution in [0.15, 0.2) is 0 Å². The van der Waals surface area contributed by atoms with E-state index < -0.39 is 0 Å². The van der Waals surface area contributed by atoms with Crippen molar-refractivity contribution >= 4 is 17.7 Å². The molecule has 3 nitrogen and oxygen atoms in total. The molecular formula is C23H46O3S. The zero-order valence-corrected chi connectivity index (χ0v) is 19.0. The maximum Gasteiger partial charge on any atom is 0.303 e. The number of hydrogen-bond donors (Lipinski definition) is 1. The number of ether oxygens (including phenoxy) is 1. The topological polar surface area (TPSA) is 46.5 Å². The Morgan fingerprint density at radius 2 is 1.19 bits per heavy atom. The molecule has 0 bridgehead atoms. The monoisotopic (exact) mass is 402 g/mol. The number of carbonyl (C=O) groups excluding carboxylic acids is 1. The van der Waals surface area contributed by atoms with Gasteiger partial charge in [-0.15, -0.1) is 0 Å². The van der Waals surface area contributed by atoms with Gasteiger partial charge in [0.25, 0.3) is 0 Å². The Hall–Kier alpha value is -0.220. The van der Waals surface area contributed by atoms with E-state index in [-0.39, 0.29) is 18.7 Å². The average Bonchev–Trinajstić information content (AvgIpc) is 2.65. The number of aliphatic hydroxyl groups is 1. The van der Waals surface area contributed by atoms with Gasteiger partial charge in [0.15, 0.2) is 0 Å². The third-order valence-corrected chi connectivity index (χ3v) is 6.17. The van der Waals surface area contributed by atoms with Gasteiger partial charge in [-0.3, -0.25) is 4.79 Å². The lowest BCUT2D eigenvalue weighted by Gasteiger charge is -2.13. The lowest BCUT2D eigenvalue weighted by atomic mass is 10.0. The Morgan fingerprint density at radius 1 is 0.778 bits per heavy atom. The van der Waals surface area contributed by atoms with Crippen molar-refractivity contribution in [2.24, 2.45) is 0 Å². The van der Waals surface area contributed by atoms with E-state index >= 15 is 0 Å². The van der Waals surface area contributed by atoms with Crippen molar-refractivity contribution in [2.75, 3.05) is 18.1 Å². The van der Waals surface area contributed by atoms with Gasteiger partial charge in [-0.25, -0.2) is 0 Å². The summed E-state index contributed by atoms with van der Waals surface area (Å²) in [5.74, 6) is 1.49. The average molecular weight is 403 g/mol. The molecule has 0 aliphatic carbocycles. The maximum absolute atomic E-state index is 10.9. The second-order valence-electron chi connectivity index (χ2n) is 7.79. The first-order valence-electron chi connectivity index (χ1n) is 11.6. The highest BCUT2D eigenvalue weighted by molar-refractivity contribution is 7.99. The van der Waals surface area contributed by atoms with E-state index in [1.807, 2.05) is 0 Å². The van der Waals surface area contributed by atoms with Gasteiger partial charge < -0.3 is 9.84 Å². The molecule has 1 N–H and O–H groups in total. The summed E-state index contributed by atoms with van der Waals surface area (Å²) in [5.41, 5.74) is 0. The largest absolute Gasteiger partial charge is 0.459 e. The Morgan fingerprint density at radius 3 is 1.56 bits per heavy atom. The molecule has 0 aromatic heterocycles. The number of aliphatic hydroxyl groups excluding tert-OH is 1. The molecule has 0 aliphatic heterocycles. The molecule has 0 amide bonds. The van der Waals surface area contributed by atoms with E-state index in [0.29, 0.717) is 5.75 Å². The molecular weight excluding hydrogens is 356 g/mol. The number of thioether (sulfide) groups is 1. The molecule has 1 atom stereocenters. The summed E-state index contributed by atoms with van der Waals surface area (Å²) in [6.07, 6.45) is 22.0. The Bertz CT molecular complexity index is 310. The minimum Gasteiger partial charge on any atom is -0.459 e. The molecule has 0 radical (unpaired) electrons. The molecule has 0 aliphatic rings. The lowest BCUT2D eigenvalue weighted by molar-refractivity contribution is -0.146. The summed E-state index contributed by atoms with van der Waals surface area (Å²) in [4.78, 5) is 10.9. The van der Waals surface area contributed by atoms with E-state index in [1.165, 1.54) is 110 Å². The molecule has 0 aromatic rings. The van der Waals surface area contributed by atoms with Crippen LogP contribution < -0.4 is 0 Å². The maximum atomic E-state index is 10.9. The normalized spacial score (nSPS) is 12.3. The van der Waals surface area contributed by atoms with Gasteiger partial charge in [-0.05, 0) is 12.2 Å². The SMILES string of the molecule is CCCCCCCCCCCCCCCCCCSCC(CO)OC(C)=O. The van der Waals surface area contributed by atoms with Crippen LogP contribution in [0.5, 0.6) is 0 Å². The summed E-state index contributed by atoms with van der Waals surface area (Å²) in [6.45, 7) is 3.59. The van der Waals surface area contributed by atoms with Gasteiger partial charge in [0.05, 0.1) is 6.61 Å². The molecule has 1 unspecified atom stereocenters. The van der Waals surface area contributed by atoms with Crippen LogP contribution in [0.4, 0.5) is 0 Å². The number of carbonyl (C=O) groups is 1. The molecule has 0 fully saturated rings. The number of hydrogen-bond acceptors (Lipinski definition) is 4. The zero-order valence-electron chi connectivity index (χ0n) is 18.2. The van der Waals surface area contributed by atoms with E-state index in [4.69, 9.17) is 9.84 Å². The standard InChI is InChI=1S/C23H46O3S/c1-3-4-5-6-7-8-9-10-11-12-13-14-15-16-17-18-19-27-21-23(20-24)26-22(2)25/h23-24H,3-21H2,1-2H3. The van der Waals surface area contributed by atoms with E-state index in [1.54, 1.807) is 11.8 Å². The number of unbranched alkanes of at least 4 members (excludes halogenated alkanes) is 15. The van der Waals surface area contributed by atoms with Crippen LogP contribution in [0, 0.1) is 0 Å². The smallest absolute Gasteiger partial charge is 0.303 e. The quantitative estimate of drug-likeness (QED) is 0.167. The molecule has 162 valence electrons. The van der Waals surface area contributed by atoms with Crippen LogP contribution in [0.2, 0.25) is 0 Å². The predicted molar refractivity (Wildman–Crippen MR) is 120 cm³/mol. The van der Waals surface area contributed by atoms with Crippen LogP contribution in [0.1, 0.15) is 117 Å². The number of esters is 1. The third kappa shape index (κ3) is 21.9. The summed E-state index contributed by atoms with van der Waals surface area (Å²) in [7, 11) is 0. The van der Waals surface area contributed by atoms with Crippen molar-refractivity contribution in [1.82, 2.24) is 0 Å². The summed E-state index contributed by atoms with van der Waals surface area (Å²) in [5, 5.41) is 9.13. The van der Waals surface area contributed by atoms with Crippen molar-refractivity contribution in [1.29, 1.82) is 0 Å². The summed E-state index contributed by atoms with van der Waals surface area (Å²) >= 11 is 1.78. The Kier molecular flexibility index (Phi) is 21.9. The van der Waals surface area contributed by atoms with Gasteiger partial charge in [0.2, 0.25) is 0 Å². The zero-order chi connectivity index (χ0) is 20.0. The fourth-order valence-electron chi connectivity index (χ4n) is 3.33. The first-order valence-corrected chi connectivity index (χ1v) is 12.7. The highest BCUT2D eigenvalue weighted by Crippen LogP contribution is 2.15. The van der Waals surface area contributed by atoms with Gasteiger partial charge in [0.1, 0.15) is 6.10 Å². The van der Waals surface area contributed by atoms with E-state index in [0.717, 1.165) is 5.75 Å². The first-order chi connectivity index (χ1) is 13.2.